The van der Waals surface area contributed by atoms with E-state index >= 15 is 0 Å². The van der Waals surface area contributed by atoms with Crippen molar-refractivity contribution in [2.45, 2.75) is 23.9 Å². The summed E-state index contributed by atoms with van der Waals surface area (Å²) in [5, 5.41) is 0. The maximum absolute atomic E-state index is 12.8. The molecule has 0 saturated carbocycles. The average molecular weight is 398 g/mol. The summed E-state index contributed by atoms with van der Waals surface area (Å²) in [5.74, 6) is 0.0125. The standard InChI is InChI=1S/C18H17F3N2O3S/c19-18(20,21)14-3-1-4-16(12-14)27(25,26)22-15-7-5-13(6-8-15)11-17(24)23-9-2-10-23/h1,3-8,12,22H,2,9-11H2. The maximum Gasteiger partial charge on any atom is 0.416 e. The summed E-state index contributed by atoms with van der Waals surface area (Å²) in [6.07, 6.45) is -3.40. The Morgan fingerprint density at radius 1 is 1.07 bits per heavy atom. The third kappa shape index (κ3) is 4.60. The Morgan fingerprint density at radius 2 is 1.74 bits per heavy atom. The summed E-state index contributed by atoms with van der Waals surface area (Å²) in [5.41, 5.74) is -0.105. The first kappa shape index (κ1) is 19.2. The first-order valence-electron chi connectivity index (χ1n) is 8.22. The van der Waals surface area contributed by atoms with Gasteiger partial charge in [-0.3, -0.25) is 9.52 Å². The van der Waals surface area contributed by atoms with E-state index in [1.807, 2.05) is 0 Å². The SMILES string of the molecule is O=C(Cc1ccc(NS(=O)(=O)c2cccc(C(F)(F)F)c2)cc1)N1CCC1. The van der Waals surface area contributed by atoms with Crippen molar-refractivity contribution in [3.8, 4) is 0 Å². The Balaban J connectivity index is 1.71. The molecule has 27 heavy (non-hydrogen) atoms. The first-order valence-corrected chi connectivity index (χ1v) is 9.70. The zero-order valence-corrected chi connectivity index (χ0v) is 15.0. The fourth-order valence-corrected chi connectivity index (χ4v) is 3.70. The minimum atomic E-state index is -4.63. The molecule has 1 fully saturated rings. The van der Waals surface area contributed by atoms with Crippen LogP contribution in [0.25, 0.3) is 0 Å². The molecule has 0 radical (unpaired) electrons. The molecule has 2 aromatic carbocycles. The molecular formula is C18H17F3N2O3S. The number of alkyl halides is 3. The molecule has 9 heteroatoms. The van der Waals surface area contributed by atoms with Crippen LogP contribution in [0, 0.1) is 0 Å². The fraction of sp³-hybridized carbons (Fsp3) is 0.278. The molecule has 0 bridgehead atoms. The van der Waals surface area contributed by atoms with Crippen molar-refractivity contribution in [3.05, 3.63) is 59.7 Å². The number of rotatable bonds is 5. The molecule has 0 aromatic heterocycles. The van der Waals surface area contributed by atoms with Gasteiger partial charge in [0.25, 0.3) is 10.0 Å². The molecule has 1 aliphatic rings. The molecule has 1 N–H and O–H groups in total. The maximum atomic E-state index is 12.8. The second-order valence-corrected chi connectivity index (χ2v) is 7.92. The van der Waals surface area contributed by atoms with Gasteiger partial charge in [0.1, 0.15) is 0 Å². The van der Waals surface area contributed by atoms with Crippen LogP contribution in [0.2, 0.25) is 0 Å². The van der Waals surface area contributed by atoms with Crippen molar-refractivity contribution in [1.29, 1.82) is 0 Å². The highest BCUT2D eigenvalue weighted by molar-refractivity contribution is 7.92. The molecule has 0 aliphatic carbocycles. The van der Waals surface area contributed by atoms with E-state index in [9.17, 15) is 26.4 Å². The molecule has 0 atom stereocenters. The number of benzene rings is 2. The number of hydrogen-bond acceptors (Lipinski definition) is 3. The van der Waals surface area contributed by atoms with E-state index < -0.39 is 26.7 Å². The number of sulfonamides is 1. The number of anilines is 1. The number of hydrogen-bond donors (Lipinski definition) is 1. The van der Waals surface area contributed by atoms with Crippen LogP contribution < -0.4 is 4.72 Å². The highest BCUT2D eigenvalue weighted by Crippen LogP contribution is 2.30. The Morgan fingerprint density at radius 3 is 2.30 bits per heavy atom. The highest BCUT2D eigenvalue weighted by Gasteiger charge is 2.31. The van der Waals surface area contributed by atoms with Gasteiger partial charge in [-0.05, 0) is 42.3 Å². The van der Waals surface area contributed by atoms with Gasteiger partial charge >= 0.3 is 6.18 Å². The summed E-state index contributed by atoms with van der Waals surface area (Å²) >= 11 is 0. The van der Waals surface area contributed by atoms with Crippen molar-refractivity contribution in [1.82, 2.24) is 4.90 Å². The van der Waals surface area contributed by atoms with Gasteiger partial charge < -0.3 is 4.90 Å². The van der Waals surface area contributed by atoms with Crippen LogP contribution >= 0.6 is 0 Å². The summed E-state index contributed by atoms with van der Waals surface area (Å²) in [6.45, 7) is 1.52. The Bertz CT molecular complexity index is 937. The van der Waals surface area contributed by atoms with Gasteiger partial charge in [-0.1, -0.05) is 18.2 Å². The van der Waals surface area contributed by atoms with E-state index in [2.05, 4.69) is 4.72 Å². The van der Waals surface area contributed by atoms with E-state index in [4.69, 9.17) is 0 Å². The molecule has 1 amide bonds. The van der Waals surface area contributed by atoms with Crippen molar-refractivity contribution in [2.24, 2.45) is 0 Å². The van der Waals surface area contributed by atoms with E-state index in [1.165, 1.54) is 12.1 Å². The van der Waals surface area contributed by atoms with E-state index in [0.29, 0.717) is 6.07 Å². The summed E-state index contributed by atoms with van der Waals surface area (Å²) in [6, 6.07) is 9.71. The van der Waals surface area contributed by atoms with Gasteiger partial charge in [0.05, 0.1) is 16.9 Å². The number of nitrogens with zero attached hydrogens (tertiary/aromatic N) is 1. The predicted octanol–water partition coefficient (Wildman–Crippen LogP) is 3.28. The average Bonchev–Trinajstić information content (AvgIpc) is 2.54. The first-order chi connectivity index (χ1) is 12.6. The van der Waals surface area contributed by atoms with Crippen LogP contribution in [0.15, 0.2) is 53.4 Å². The van der Waals surface area contributed by atoms with Crippen molar-refractivity contribution >= 4 is 21.6 Å². The zero-order chi connectivity index (χ0) is 19.7. The Hall–Kier alpha value is -2.55. The minimum Gasteiger partial charge on any atom is -0.342 e. The molecule has 3 rings (SSSR count). The molecule has 2 aromatic rings. The monoisotopic (exact) mass is 398 g/mol. The number of likely N-dealkylation sites (tertiary alicyclic amines) is 1. The second kappa shape index (κ2) is 7.22. The van der Waals surface area contributed by atoms with Gasteiger partial charge in [0.15, 0.2) is 0 Å². The molecule has 5 nitrogen and oxygen atoms in total. The lowest BCUT2D eigenvalue weighted by molar-refractivity contribution is -0.137. The summed E-state index contributed by atoms with van der Waals surface area (Å²) < 4.78 is 65.2. The minimum absolute atomic E-state index is 0.0125. The van der Waals surface area contributed by atoms with Crippen LogP contribution in [0.5, 0.6) is 0 Å². The van der Waals surface area contributed by atoms with E-state index in [0.717, 1.165) is 43.3 Å². The third-order valence-electron chi connectivity index (χ3n) is 4.24. The van der Waals surface area contributed by atoms with E-state index in [1.54, 1.807) is 17.0 Å². The van der Waals surface area contributed by atoms with Gasteiger partial charge in [-0.2, -0.15) is 13.2 Å². The van der Waals surface area contributed by atoms with Crippen molar-refractivity contribution in [2.75, 3.05) is 17.8 Å². The molecule has 1 aliphatic heterocycles. The van der Waals surface area contributed by atoms with Gasteiger partial charge in [-0.25, -0.2) is 8.42 Å². The second-order valence-electron chi connectivity index (χ2n) is 6.24. The van der Waals surface area contributed by atoms with Crippen LogP contribution in [-0.2, 0) is 27.4 Å². The molecule has 0 unspecified atom stereocenters. The van der Waals surface area contributed by atoms with Crippen LogP contribution in [0.1, 0.15) is 17.5 Å². The Kier molecular flexibility index (Phi) is 5.14. The smallest absolute Gasteiger partial charge is 0.342 e. The molecule has 144 valence electrons. The van der Waals surface area contributed by atoms with Crippen molar-refractivity contribution < 1.29 is 26.4 Å². The van der Waals surface area contributed by atoms with Crippen LogP contribution in [-0.4, -0.2) is 32.3 Å². The number of amides is 1. The summed E-state index contributed by atoms with van der Waals surface area (Å²) in [7, 11) is -4.17. The predicted molar refractivity (Wildman–Crippen MR) is 93.6 cm³/mol. The normalized spacial score (nSPS) is 14.6. The van der Waals surface area contributed by atoms with Crippen LogP contribution in [0.3, 0.4) is 0 Å². The number of carbonyl (C=O) groups is 1. The number of nitrogens with one attached hydrogen (secondary N) is 1. The Labute approximate surface area is 154 Å². The number of carbonyl (C=O) groups excluding carboxylic acids is 1. The fourth-order valence-electron chi connectivity index (χ4n) is 2.60. The summed E-state index contributed by atoms with van der Waals surface area (Å²) in [4.78, 5) is 13.2. The van der Waals surface area contributed by atoms with Gasteiger partial charge in [0, 0.05) is 18.8 Å². The molecule has 1 saturated heterocycles. The van der Waals surface area contributed by atoms with E-state index in [-0.39, 0.29) is 18.0 Å². The molecular weight excluding hydrogens is 381 g/mol. The van der Waals surface area contributed by atoms with Crippen LogP contribution in [0.4, 0.5) is 18.9 Å². The topological polar surface area (TPSA) is 66.5 Å². The third-order valence-corrected chi connectivity index (χ3v) is 5.62. The lowest BCUT2D eigenvalue weighted by Crippen LogP contribution is -2.42. The largest absolute Gasteiger partial charge is 0.416 e. The van der Waals surface area contributed by atoms with Gasteiger partial charge in [-0.15, -0.1) is 0 Å². The zero-order valence-electron chi connectivity index (χ0n) is 14.2. The highest BCUT2D eigenvalue weighted by atomic mass is 32.2. The quantitative estimate of drug-likeness (QED) is 0.841. The lowest BCUT2D eigenvalue weighted by Gasteiger charge is -2.30. The molecule has 0 spiro atoms. The van der Waals surface area contributed by atoms with Gasteiger partial charge in [0.2, 0.25) is 5.91 Å². The lowest BCUT2D eigenvalue weighted by atomic mass is 10.1. The number of halogens is 3. The molecule has 1 heterocycles. The van der Waals surface area contributed by atoms with Crippen molar-refractivity contribution in [3.63, 3.8) is 0 Å².